The molecule has 0 aliphatic heterocycles. The molecule has 0 atom stereocenters. The number of aryl methyl sites for hydroxylation is 1. The summed E-state index contributed by atoms with van der Waals surface area (Å²) < 4.78 is 1.68. The Bertz CT molecular complexity index is 777. The quantitative estimate of drug-likeness (QED) is 0.716. The van der Waals surface area contributed by atoms with Crippen molar-refractivity contribution in [3.8, 4) is 17.1 Å². The number of nitrogens with zero attached hydrogens (tertiary/aromatic N) is 4. The van der Waals surface area contributed by atoms with E-state index in [9.17, 15) is 0 Å². The lowest BCUT2D eigenvalue weighted by Gasteiger charge is -2.08. The van der Waals surface area contributed by atoms with Gasteiger partial charge in [-0.2, -0.15) is 4.68 Å². The van der Waals surface area contributed by atoms with Crippen molar-refractivity contribution in [2.45, 2.75) is 13.3 Å². The summed E-state index contributed by atoms with van der Waals surface area (Å²) >= 11 is 0. The van der Waals surface area contributed by atoms with Crippen LogP contribution < -0.4 is 11.5 Å². The summed E-state index contributed by atoms with van der Waals surface area (Å²) in [5, 5.41) is 11.9. The van der Waals surface area contributed by atoms with Crippen molar-refractivity contribution >= 4 is 11.4 Å². The summed E-state index contributed by atoms with van der Waals surface area (Å²) in [4.78, 5) is 0. The van der Waals surface area contributed by atoms with Gasteiger partial charge in [0.05, 0.1) is 5.69 Å². The van der Waals surface area contributed by atoms with Gasteiger partial charge in [-0.05, 0) is 52.7 Å². The number of anilines is 2. The highest BCUT2D eigenvalue weighted by atomic mass is 15.5. The maximum Gasteiger partial charge on any atom is 0.189 e. The zero-order valence-corrected chi connectivity index (χ0v) is 11.7. The number of aromatic nitrogens is 4. The average molecular weight is 280 g/mol. The first-order chi connectivity index (χ1) is 10.2. The van der Waals surface area contributed by atoms with E-state index >= 15 is 0 Å². The van der Waals surface area contributed by atoms with Crippen molar-refractivity contribution in [1.82, 2.24) is 20.2 Å². The third kappa shape index (κ3) is 2.43. The van der Waals surface area contributed by atoms with E-state index in [-0.39, 0.29) is 0 Å². The van der Waals surface area contributed by atoms with Crippen LogP contribution in [0.4, 0.5) is 11.4 Å². The maximum atomic E-state index is 6.03. The Morgan fingerprint density at radius 2 is 1.95 bits per heavy atom. The Balaban J connectivity index is 2.12. The van der Waals surface area contributed by atoms with Crippen LogP contribution in [-0.4, -0.2) is 20.2 Å². The first kappa shape index (κ1) is 13.1. The number of hydrogen-bond donors (Lipinski definition) is 2. The number of hydrogen-bond acceptors (Lipinski definition) is 5. The van der Waals surface area contributed by atoms with Crippen LogP contribution in [0, 0.1) is 0 Å². The Hall–Kier alpha value is -2.89. The average Bonchev–Trinajstić information content (AvgIpc) is 2.96. The van der Waals surface area contributed by atoms with Crippen molar-refractivity contribution < 1.29 is 0 Å². The fourth-order valence-electron chi connectivity index (χ4n) is 2.22. The zero-order valence-electron chi connectivity index (χ0n) is 11.7. The molecular formula is C15H16N6. The molecule has 0 unspecified atom stereocenters. The molecule has 0 aliphatic rings. The Morgan fingerprint density at radius 3 is 2.71 bits per heavy atom. The van der Waals surface area contributed by atoms with Gasteiger partial charge in [-0.15, -0.1) is 5.10 Å². The molecule has 1 heterocycles. The van der Waals surface area contributed by atoms with Gasteiger partial charge >= 0.3 is 0 Å². The maximum absolute atomic E-state index is 6.03. The summed E-state index contributed by atoms with van der Waals surface area (Å²) in [6.07, 6.45) is 0.954. The van der Waals surface area contributed by atoms with E-state index in [2.05, 4.69) is 34.6 Å². The molecule has 0 bridgehead atoms. The molecule has 3 rings (SSSR count). The molecule has 1 aromatic heterocycles. The molecule has 21 heavy (non-hydrogen) atoms. The minimum absolute atomic E-state index is 0.553. The largest absolute Gasteiger partial charge is 0.399 e. The summed E-state index contributed by atoms with van der Waals surface area (Å²) in [7, 11) is 0. The summed E-state index contributed by atoms with van der Waals surface area (Å²) in [5.74, 6) is 0.598. The topological polar surface area (TPSA) is 95.6 Å². The van der Waals surface area contributed by atoms with Gasteiger partial charge in [0.25, 0.3) is 0 Å². The molecule has 0 spiro atoms. The number of rotatable bonds is 3. The molecule has 6 nitrogen and oxygen atoms in total. The predicted molar refractivity (Wildman–Crippen MR) is 82.8 cm³/mol. The second kappa shape index (κ2) is 5.24. The molecule has 0 aliphatic carbocycles. The normalized spacial score (nSPS) is 10.7. The molecule has 6 heteroatoms. The Labute approximate surface area is 122 Å². The van der Waals surface area contributed by atoms with Crippen molar-refractivity contribution in [3.05, 3.63) is 48.0 Å². The lowest BCUT2D eigenvalue weighted by molar-refractivity contribution is 0.790. The number of benzene rings is 2. The lowest BCUT2D eigenvalue weighted by Crippen LogP contribution is -2.02. The fourth-order valence-corrected chi connectivity index (χ4v) is 2.22. The van der Waals surface area contributed by atoms with Crippen LogP contribution in [0.3, 0.4) is 0 Å². The van der Waals surface area contributed by atoms with Crippen molar-refractivity contribution in [2.75, 3.05) is 11.5 Å². The van der Waals surface area contributed by atoms with Gasteiger partial charge in [-0.3, -0.25) is 0 Å². The van der Waals surface area contributed by atoms with Crippen LogP contribution in [0.15, 0.2) is 42.5 Å². The van der Waals surface area contributed by atoms with Gasteiger partial charge in [0.15, 0.2) is 5.82 Å². The van der Waals surface area contributed by atoms with Crippen LogP contribution >= 0.6 is 0 Å². The molecule has 3 aromatic rings. The summed E-state index contributed by atoms with van der Waals surface area (Å²) in [6, 6.07) is 13.4. The van der Waals surface area contributed by atoms with E-state index in [0.717, 1.165) is 17.7 Å². The van der Waals surface area contributed by atoms with E-state index in [4.69, 9.17) is 11.5 Å². The smallest absolute Gasteiger partial charge is 0.189 e. The minimum atomic E-state index is 0.553. The molecule has 0 fully saturated rings. The SMILES string of the molecule is CCc1cccc(-n2nnnc2-c2ccc(N)cc2N)c1. The van der Waals surface area contributed by atoms with Crippen LogP contribution in [0.25, 0.3) is 17.1 Å². The number of tetrazole rings is 1. The highest BCUT2D eigenvalue weighted by molar-refractivity contribution is 5.75. The van der Waals surface area contributed by atoms with Crippen molar-refractivity contribution in [1.29, 1.82) is 0 Å². The van der Waals surface area contributed by atoms with E-state index in [1.54, 1.807) is 16.8 Å². The number of nitrogen functional groups attached to an aromatic ring is 2. The van der Waals surface area contributed by atoms with Gasteiger partial charge in [-0.25, -0.2) is 0 Å². The molecule has 0 amide bonds. The highest BCUT2D eigenvalue weighted by Gasteiger charge is 2.13. The van der Waals surface area contributed by atoms with E-state index < -0.39 is 0 Å². The van der Waals surface area contributed by atoms with Crippen LogP contribution in [-0.2, 0) is 6.42 Å². The Morgan fingerprint density at radius 1 is 1.10 bits per heavy atom. The molecular weight excluding hydrogens is 264 g/mol. The lowest BCUT2D eigenvalue weighted by atomic mass is 10.1. The first-order valence-electron chi connectivity index (χ1n) is 6.72. The van der Waals surface area contributed by atoms with Gasteiger partial charge in [0, 0.05) is 16.9 Å². The van der Waals surface area contributed by atoms with Crippen LogP contribution in [0.2, 0.25) is 0 Å². The van der Waals surface area contributed by atoms with E-state index in [1.165, 1.54) is 5.56 Å². The van der Waals surface area contributed by atoms with Crippen molar-refractivity contribution in [2.24, 2.45) is 0 Å². The van der Waals surface area contributed by atoms with E-state index in [0.29, 0.717) is 17.2 Å². The predicted octanol–water partition coefficient (Wildman–Crippen LogP) is 2.06. The molecule has 0 radical (unpaired) electrons. The van der Waals surface area contributed by atoms with Crippen LogP contribution in [0.1, 0.15) is 12.5 Å². The van der Waals surface area contributed by atoms with Gasteiger partial charge < -0.3 is 11.5 Å². The summed E-state index contributed by atoms with van der Waals surface area (Å²) in [5.41, 5.74) is 15.8. The highest BCUT2D eigenvalue weighted by Crippen LogP contribution is 2.27. The zero-order chi connectivity index (χ0) is 14.8. The van der Waals surface area contributed by atoms with Crippen molar-refractivity contribution in [3.63, 3.8) is 0 Å². The second-order valence-electron chi connectivity index (χ2n) is 4.78. The van der Waals surface area contributed by atoms with Gasteiger partial charge in [0.1, 0.15) is 0 Å². The van der Waals surface area contributed by atoms with Crippen LogP contribution in [0.5, 0.6) is 0 Å². The van der Waals surface area contributed by atoms with Gasteiger partial charge in [0.2, 0.25) is 0 Å². The first-order valence-corrected chi connectivity index (χ1v) is 6.72. The monoisotopic (exact) mass is 280 g/mol. The molecule has 4 N–H and O–H groups in total. The minimum Gasteiger partial charge on any atom is -0.399 e. The summed E-state index contributed by atoms with van der Waals surface area (Å²) in [6.45, 7) is 2.11. The third-order valence-electron chi connectivity index (χ3n) is 3.35. The third-order valence-corrected chi connectivity index (χ3v) is 3.35. The number of nitrogens with two attached hydrogens (primary N) is 2. The Kier molecular flexibility index (Phi) is 3.27. The molecule has 106 valence electrons. The molecule has 2 aromatic carbocycles. The standard InChI is InChI=1S/C15H16N6/c1-2-10-4-3-5-12(8-10)21-15(18-19-20-21)13-7-6-11(16)9-14(13)17/h3-9H,2,16-17H2,1H3. The fraction of sp³-hybridized carbons (Fsp3) is 0.133. The molecule has 0 saturated heterocycles. The second-order valence-corrected chi connectivity index (χ2v) is 4.78. The van der Waals surface area contributed by atoms with E-state index in [1.807, 2.05) is 18.2 Å². The molecule has 0 saturated carbocycles. The van der Waals surface area contributed by atoms with Gasteiger partial charge in [-0.1, -0.05) is 19.1 Å².